The average molecular weight is 359 g/mol. The Morgan fingerprint density at radius 2 is 1.65 bits per heavy atom. The molecule has 0 atom stereocenters. The zero-order valence-electron chi connectivity index (χ0n) is 15.7. The van der Waals surface area contributed by atoms with Gasteiger partial charge in [-0.25, -0.2) is 14.5 Å². The van der Waals surface area contributed by atoms with Gasteiger partial charge in [-0.2, -0.15) is 0 Å². The van der Waals surface area contributed by atoms with Crippen LogP contribution in [0.1, 0.15) is 26.3 Å². The first kappa shape index (κ1) is 22.9. The number of ether oxygens (including phenoxy) is 2. The van der Waals surface area contributed by atoms with Gasteiger partial charge in [0.05, 0.1) is 13.7 Å². The van der Waals surface area contributed by atoms with Crippen LogP contribution in [0.25, 0.3) is 6.08 Å². The molecule has 6 heteroatoms. The summed E-state index contributed by atoms with van der Waals surface area (Å²) in [6.07, 6.45) is 2.35. The summed E-state index contributed by atoms with van der Waals surface area (Å²) < 4.78 is 9.11. The summed E-state index contributed by atoms with van der Waals surface area (Å²) in [5.41, 5.74) is 1.58. The Labute approximate surface area is 154 Å². The Bertz CT molecular complexity index is 677. The van der Waals surface area contributed by atoms with E-state index in [9.17, 15) is 14.4 Å². The number of amides is 2. The smallest absolute Gasteiger partial charge is 0.420 e. The van der Waals surface area contributed by atoms with Gasteiger partial charge in [0, 0.05) is 17.3 Å². The molecular formula is C20H25NO5. The third-order valence-electron chi connectivity index (χ3n) is 2.80. The fraction of sp³-hybridized carbons (Fsp3) is 0.250. The van der Waals surface area contributed by atoms with Gasteiger partial charge < -0.3 is 9.47 Å². The molecule has 140 valence electrons. The molecule has 0 aliphatic heterocycles. The SMILES string of the molecule is C=C(C)C(=O)N(C=Cc1ccccc1)C(=O)OCC.C=C(C)C(=O)OC. The second-order valence-electron chi connectivity index (χ2n) is 5.15. The van der Waals surface area contributed by atoms with Crippen LogP contribution in [-0.2, 0) is 19.1 Å². The number of hydrogen-bond acceptors (Lipinski definition) is 5. The van der Waals surface area contributed by atoms with Crippen LogP contribution in [0.15, 0.2) is 60.8 Å². The van der Waals surface area contributed by atoms with E-state index in [0.717, 1.165) is 10.5 Å². The van der Waals surface area contributed by atoms with Crippen LogP contribution < -0.4 is 0 Å². The highest BCUT2D eigenvalue weighted by atomic mass is 16.6. The van der Waals surface area contributed by atoms with Gasteiger partial charge in [0.1, 0.15) is 0 Å². The van der Waals surface area contributed by atoms with E-state index in [-0.39, 0.29) is 18.1 Å². The number of carbonyl (C=O) groups is 3. The van der Waals surface area contributed by atoms with E-state index in [0.29, 0.717) is 5.57 Å². The maximum absolute atomic E-state index is 11.9. The standard InChI is InChI=1S/C15H17NO3.C5H8O2/c1-4-19-15(18)16(14(17)12(2)3)11-10-13-8-6-5-7-9-13;1-4(2)5(6)7-3/h5-11H,2,4H2,1,3H3;1H2,2-3H3. The van der Waals surface area contributed by atoms with Crippen LogP contribution >= 0.6 is 0 Å². The molecular weight excluding hydrogens is 334 g/mol. The average Bonchev–Trinajstić information content (AvgIpc) is 2.62. The van der Waals surface area contributed by atoms with Gasteiger partial charge in [-0.3, -0.25) is 4.79 Å². The maximum atomic E-state index is 11.9. The molecule has 2 amide bonds. The number of nitrogens with zero attached hydrogens (tertiary/aromatic N) is 1. The molecule has 0 bridgehead atoms. The lowest BCUT2D eigenvalue weighted by Crippen LogP contribution is -2.33. The highest BCUT2D eigenvalue weighted by Gasteiger charge is 2.20. The van der Waals surface area contributed by atoms with Gasteiger partial charge in [-0.1, -0.05) is 43.5 Å². The summed E-state index contributed by atoms with van der Waals surface area (Å²) in [7, 11) is 1.33. The van der Waals surface area contributed by atoms with Crippen LogP contribution in [0.2, 0.25) is 0 Å². The van der Waals surface area contributed by atoms with Crippen LogP contribution in [0.4, 0.5) is 4.79 Å². The van der Waals surface area contributed by atoms with Crippen molar-refractivity contribution in [1.29, 1.82) is 0 Å². The topological polar surface area (TPSA) is 72.9 Å². The molecule has 0 saturated carbocycles. The highest BCUT2D eigenvalue weighted by Crippen LogP contribution is 2.07. The van der Waals surface area contributed by atoms with Crippen LogP contribution in [-0.4, -0.2) is 36.6 Å². The van der Waals surface area contributed by atoms with E-state index in [1.165, 1.54) is 13.3 Å². The number of imide groups is 1. The summed E-state index contributed by atoms with van der Waals surface area (Å²) in [6.45, 7) is 11.9. The van der Waals surface area contributed by atoms with E-state index in [1.54, 1.807) is 26.8 Å². The molecule has 1 aromatic rings. The van der Waals surface area contributed by atoms with Crippen molar-refractivity contribution in [2.24, 2.45) is 0 Å². The largest absolute Gasteiger partial charge is 0.466 e. The Hall–Kier alpha value is -3.15. The normalized spacial score (nSPS) is 9.54. The van der Waals surface area contributed by atoms with Crippen LogP contribution in [0.5, 0.6) is 0 Å². The van der Waals surface area contributed by atoms with Gasteiger partial charge in [-0.15, -0.1) is 0 Å². The molecule has 0 saturated heterocycles. The highest BCUT2D eigenvalue weighted by molar-refractivity contribution is 6.03. The first-order chi connectivity index (χ1) is 12.2. The Kier molecular flexibility index (Phi) is 10.8. The summed E-state index contributed by atoms with van der Waals surface area (Å²) in [4.78, 5) is 34.7. The van der Waals surface area contributed by atoms with E-state index in [2.05, 4.69) is 17.9 Å². The molecule has 0 aliphatic carbocycles. The molecule has 1 aromatic carbocycles. The van der Waals surface area contributed by atoms with Gasteiger partial charge >= 0.3 is 12.1 Å². The summed E-state index contributed by atoms with van der Waals surface area (Å²) in [6, 6.07) is 9.36. The summed E-state index contributed by atoms with van der Waals surface area (Å²) in [5.74, 6) is -0.828. The third-order valence-corrected chi connectivity index (χ3v) is 2.80. The van der Waals surface area contributed by atoms with Crippen LogP contribution in [0, 0.1) is 0 Å². The molecule has 0 unspecified atom stereocenters. The van der Waals surface area contributed by atoms with E-state index in [1.807, 2.05) is 30.3 Å². The van der Waals surface area contributed by atoms with E-state index in [4.69, 9.17) is 4.74 Å². The van der Waals surface area contributed by atoms with Crippen molar-refractivity contribution in [1.82, 2.24) is 4.90 Å². The van der Waals surface area contributed by atoms with Crippen molar-refractivity contribution in [2.75, 3.05) is 13.7 Å². The molecule has 26 heavy (non-hydrogen) atoms. The second kappa shape index (κ2) is 12.2. The number of hydrogen-bond donors (Lipinski definition) is 0. The van der Waals surface area contributed by atoms with Crippen molar-refractivity contribution < 1.29 is 23.9 Å². The monoisotopic (exact) mass is 359 g/mol. The number of benzene rings is 1. The molecule has 6 nitrogen and oxygen atoms in total. The van der Waals surface area contributed by atoms with Crippen molar-refractivity contribution in [3.8, 4) is 0 Å². The lowest BCUT2D eigenvalue weighted by molar-refractivity contribution is -0.136. The van der Waals surface area contributed by atoms with Crippen molar-refractivity contribution in [3.63, 3.8) is 0 Å². The number of methoxy groups -OCH3 is 1. The fourth-order valence-electron chi connectivity index (χ4n) is 1.51. The van der Waals surface area contributed by atoms with Crippen molar-refractivity contribution >= 4 is 24.0 Å². The zero-order valence-corrected chi connectivity index (χ0v) is 15.7. The molecule has 0 heterocycles. The quantitative estimate of drug-likeness (QED) is 0.588. The Morgan fingerprint density at radius 1 is 1.08 bits per heavy atom. The lowest BCUT2D eigenvalue weighted by Gasteiger charge is -2.15. The minimum atomic E-state index is -0.706. The third kappa shape index (κ3) is 8.63. The van der Waals surface area contributed by atoms with Crippen molar-refractivity contribution in [2.45, 2.75) is 20.8 Å². The number of esters is 1. The first-order valence-electron chi connectivity index (χ1n) is 7.87. The Morgan fingerprint density at radius 3 is 2.04 bits per heavy atom. The molecule has 0 radical (unpaired) electrons. The maximum Gasteiger partial charge on any atom is 0.420 e. The van der Waals surface area contributed by atoms with E-state index >= 15 is 0 Å². The molecule has 1 rings (SSSR count). The van der Waals surface area contributed by atoms with Gasteiger partial charge in [0.15, 0.2) is 0 Å². The van der Waals surface area contributed by atoms with Gasteiger partial charge in [0.25, 0.3) is 5.91 Å². The molecule has 0 fully saturated rings. The van der Waals surface area contributed by atoms with Gasteiger partial charge in [-0.05, 0) is 32.4 Å². The Balaban J connectivity index is 0.000000758. The van der Waals surface area contributed by atoms with Crippen molar-refractivity contribution in [3.05, 3.63) is 66.4 Å². The molecule has 0 aliphatic rings. The summed E-state index contributed by atoms with van der Waals surface area (Å²) >= 11 is 0. The predicted octanol–water partition coefficient (Wildman–Crippen LogP) is 3.95. The fourth-order valence-corrected chi connectivity index (χ4v) is 1.51. The number of rotatable bonds is 5. The second-order valence-corrected chi connectivity index (χ2v) is 5.15. The lowest BCUT2D eigenvalue weighted by atomic mass is 10.2. The minimum Gasteiger partial charge on any atom is -0.466 e. The molecule has 0 aromatic heterocycles. The predicted molar refractivity (Wildman–Crippen MR) is 101 cm³/mol. The van der Waals surface area contributed by atoms with Gasteiger partial charge in [0.2, 0.25) is 0 Å². The van der Waals surface area contributed by atoms with Crippen LogP contribution in [0.3, 0.4) is 0 Å². The number of carbonyl (C=O) groups excluding carboxylic acids is 3. The molecule has 0 spiro atoms. The first-order valence-corrected chi connectivity index (χ1v) is 7.87. The minimum absolute atomic E-state index is 0.206. The zero-order chi connectivity index (χ0) is 20.1. The molecule has 0 N–H and O–H groups in total. The summed E-state index contributed by atoms with van der Waals surface area (Å²) in [5, 5.41) is 0. The van der Waals surface area contributed by atoms with E-state index < -0.39 is 12.0 Å².